The molecule has 216 valence electrons. The molecule has 1 N–H and O–H groups in total. The predicted octanol–water partition coefficient (Wildman–Crippen LogP) is 3.81. The highest BCUT2D eigenvalue weighted by atomic mass is 32.1. The zero-order valence-corrected chi connectivity index (χ0v) is 24.8. The summed E-state index contributed by atoms with van der Waals surface area (Å²) >= 11 is 1.57. The second-order valence-electron chi connectivity index (χ2n) is 11.7. The first-order chi connectivity index (χ1) is 19.9. The van der Waals surface area contributed by atoms with Crippen LogP contribution in [0.15, 0.2) is 35.7 Å². The summed E-state index contributed by atoms with van der Waals surface area (Å²) in [4.78, 5) is 44.8. The molecule has 3 aliphatic heterocycles. The molecule has 3 saturated heterocycles. The van der Waals surface area contributed by atoms with Gasteiger partial charge in [0.05, 0.1) is 40.5 Å². The van der Waals surface area contributed by atoms with Crippen LogP contribution in [-0.4, -0.2) is 82.5 Å². The van der Waals surface area contributed by atoms with Gasteiger partial charge in [0.15, 0.2) is 5.82 Å². The lowest BCUT2D eigenvalue weighted by atomic mass is 10.0. The third kappa shape index (κ3) is 6.05. The minimum absolute atomic E-state index is 0.0232. The fraction of sp³-hybridized carbons (Fsp3) is 0.516. The Balaban J connectivity index is 1.06. The van der Waals surface area contributed by atoms with Crippen molar-refractivity contribution < 1.29 is 14.3 Å². The van der Waals surface area contributed by atoms with E-state index < -0.39 is 0 Å². The van der Waals surface area contributed by atoms with Gasteiger partial charge < -0.3 is 19.9 Å². The van der Waals surface area contributed by atoms with Crippen molar-refractivity contribution in [2.75, 3.05) is 45.9 Å². The minimum Gasteiger partial charge on any atom is -0.381 e. The van der Waals surface area contributed by atoms with Crippen LogP contribution in [0.3, 0.4) is 0 Å². The number of aromatic nitrogens is 3. The van der Waals surface area contributed by atoms with Crippen LogP contribution in [0.4, 0.5) is 0 Å². The highest BCUT2D eigenvalue weighted by Crippen LogP contribution is 2.33. The highest BCUT2D eigenvalue weighted by molar-refractivity contribution is 7.09. The Morgan fingerprint density at radius 3 is 2.34 bits per heavy atom. The lowest BCUT2D eigenvalue weighted by Crippen LogP contribution is -2.37. The molecule has 0 saturated carbocycles. The third-order valence-corrected chi connectivity index (χ3v) is 9.51. The van der Waals surface area contributed by atoms with Gasteiger partial charge in [-0.1, -0.05) is 30.3 Å². The molecule has 10 heteroatoms. The number of ether oxygens (including phenoxy) is 1. The Morgan fingerprint density at radius 2 is 1.73 bits per heavy atom. The maximum absolute atomic E-state index is 13.6. The molecule has 2 aromatic heterocycles. The van der Waals surface area contributed by atoms with Crippen LogP contribution in [0.25, 0.3) is 11.5 Å². The van der Waals surface area contributed by atoms with Crippen molar-refractivity contribution >= 4 is 23.2 Å². The van der Waals surface area contributed by atoms with Gasteiger partial charge in [-0.3, -0.25) is 9.59 Å². The lowest BCUT2D eigenvalue weighted by Gasteiger charge is -2.26. The minimum atomic E-state index is -0.0544. The average molecular weight is 575 g/mol. The van der Waals surface area contributed by atoms with Crippen molar-refractivity contribution in [3.63, 3.8) is 0 Å². The number of aryl methyl sites for hydroxylation is 3. The third-order valence-electron chi connectivity index (χ3n) is 8.73. The van der Waals surface area contributed by atoms with E-state index in [-0.39, 0.29) is 23.8 Å². The molecule has 4 atom stereocenters. The zero-order chi connectivity index (χ0) is 28.5. The van der Waals surface area contributed by atoms with E-state index in [1.54, 1.807) is 11.3 Å². The van der Waals surface area contributed by atoms with Gasteiger partial charge in [-0.15, -0.1) is 11.3 Å². The quantitative estimate of drug-likeness (QED) is 0.437. The van der Waals surface area contributed by atoms with Gasteiger partial charge in [-0.05, 0) is 51.0 Å². The molecule has 3 fully saturated rings. The number of nitrogens with one attached hydrogen (secondary N) is 1. The van der Waals surface area contributed by atoms with Gasteiger partial charge in [-0.2, -0.15) is 0 Å². The largest absolute Gasteiger partial charge is 0.381 e. The molecule has 0 radical (unpaired) electrons. The Labute approximate surface area is 245 Å². The van der Waals surface area contributed by atoms with E-state index in [4.69, 9.17) is 4.74 Å². The fourth-order valence-corrected chi connectivity index (χ4v) is 7.14. The summed E-state index contributed by atoms with van der Waals surface area (Å²) < 4.78 is 5.43. The number of thiazole rings is 1. The van der Waals surface area contributed by atoms with Crippen molar-refractivity contribution in [3.8, 4) is 11.5 Å². The SMILES string of the molecule is Cc1nc(-c2nc(C)c(C(=O)N3CC4CN(CC[C@H](NC(=O)C5CCOC5)c5ccccc5)CC4C3)c(C)n2)cs1. The number of likely N-dealkylation sites (tertiary alicyclic amines) is 2. The maximum atomic E-state index is 13.6. The Morgan fingerprint density at radius 1 is 1.02 bits per heavy atom. The molecule has 3 unspecified atom stereocenters. The average Bonchev–Trinajstić information content (AvgIpc) is 3.76. The summed E-state index contributed by atoms with van der Waals surface area (Å²) in [5.41, 5.74) is 3.93. The molecule has 3 aromatic rings. The first-order valence-electron chi connectivity index (χ1n) is 14.6. The molecule has 9 nitrogen and oxygen atoms in total. The van der Waals surface area contributed by atoms with Crippen LogP contribution < -0.4 is 5.32 Å². The molecule has 0 bridgehead atoms. The topological polar surface area (TPSA) is 101 Å². The van der Waals surface area contributed by atoms with Crippen LogP contribution in [0.1, 0.15) is 51.2 Å². The molecule has 1 aromatic carbocycles. The van der Waals surface area contributed by atoms with Crippen molar-refractivity contribution in [3.05, 3.63) is 63.2 Å². The maximum Gasteiger partial charge on any atom is 0.257 e. The standard InChI is InChI=1S/C31H38N6O3S/c1-19-28(20(2)33-29(32-19)27-18-41-21(3)34-27)31(39)37-15-24-13-36(14-25(24)16-37)11-9-26(22-7-5-4-6-8-22)35-30(38)23-10-12-40-17-23/h4-8,18,23-26H,9-17H2,1-3H3,(H,35,38)/t23?,24?,25?,26-/m0/s1. The second kappa shape index (κ2) is 12.0. The van der Waals surface area contributed by atoms with Gasteiger partial charge in [0.25, 0.3) is 5.91 Å². The van der Waals surface area contributed by atoms with Crippen LogP contribution >= 0.6 is 11.3 Å². The number of rotatable bonds is 8. The summed E-state index contributed by atoms with van der Waals surface area (Å²) in [6.07, 6.45) is 1.64. The van der Waals surface area contributed by atoms with Crippen molar-refractivity contribution in [2.45, 2.75) is 39.7 Å². The first kappa shape index (κ1) is 27.9. The van der Waals surface area contributed by atoms with Gasteiger partial charge in [0.2, 0.25) is 5.91 Å². The number of carbonyl (C=O) groups is 2. The highest BCUT2D eigenvalue weighted by Gasteiger charge is 2.42. The van der Waals surface area contributed by atoms with E-state index in [2.05, 4.69) is 37.3 Å². The Hall–Kier alpha value is -3.21. The van der Waals surface area contributed by atoms with Crippen molar-refractivity contribution in [2.24, 2.45) is 17.8 Å². The summed E-state index contributed by atoms with van der Waals surface area (Å²) in [5.74, 6) is 1.56. The number of benzene rings is 1. The van der Waals surface area contributed by atoms with E-state index >= 15 is 0 Å². The molecule has 0 aliphatic carbocycles. The monoisotopic (exact) mass is 574 g/mol. The number of fused-ring (bicyclic) bond motifs is 1. The van der Waals surface area contributed by atoms with Gasteiger partial charge in [-0.25, -0.2) is 15.0 Å². The first-order valence-corrected chi connectivity index (χ1v) is 15.5. The predicted molar refractivity (Wildman–Crippen MR) is 158 cm³/mol. The molecule has 6 rings (SSSR count). The Bertz CT molecular complexity index is 1370. The van der Waals surface area contributed by atoms with Gasteiger partial charge in [0, 0.05) is 44.7 Å². The van der Waals surface area contributed by atoms with Crippen LogP contribution in [-0.2, 0) is 9.53 Å². The lowest BCUT2D eigenvalue weighted by molar-refractivity contribution is -0.125. The van der Waals surface area contributed by atoms with E-state index in [1.165, 1.54) is 0 Å². The fourth-order valence-electron chi connectivity index (χ4n) is 6.55. The van der Waals surface area contributed by atoms with E-state index in [0.29, 0.717) is 47.8 Å². The number of carbonyl (C=O) groups excluding carboxylic acids is 2. The van der Waals surface area contributed by atoms with E-state index in [0.717, 1.165) is 61.8 Å². The molecule has 3 aliphatic rings. The normalized spacial score (nSPS) is 23.1. The van der Waals surface area contributed by atoms with Crippen LogP contribution in [0.2, 0.25) is 0 Å². The van der Waals surface area contributed by atoms with Crippen molar-refractivity contribution in [1.29, 1.82) is 0 Å². The molecular weight excluding hydrogens is 536 g/mol. The molecule has 5 heterocycles. The second-order valence-corrected chi connectivity index (χ2v) is 12.7. The number of hydrogen-bond acceptors (Lipinski definition) is 8. The van der Waals surface area contributed by atoms with E-state index in [9.17, 15) is 9.59 Å². The molecule has 2 amide bonds. The molecule has 0 spiro atoms. The molecular formula is C31H38N6O3S. The Kier molecular flexibility index (Phi) is 8.14. The van der Waals surface area contributed by atoms with Crippen LogP contribution in [0.5, 0.6) is 0 Å². The number of amides is 2. The van der Waals surface area contributed by atoms with Gasteiger partial charge in [0.1, 0.15) is 5.69 Å². The van der Waals surface area contributed by atoms with E-state index in [1.807, 2.05) is 49.3 Å². The van der Waals surface area contributed by atoms with Gasteiger partial charge >= 0.3 is 0 Å². The summed E-state index contributed by atoms with van der Waals surface area (Å²) in [6.45, 7) is 11.3. The summed E-state index contributed by atoms with van der Waals surface area (Å²) in [7, 11) is 0. The molecule has 41 heavy (non-hydrogen) atoms. The van der Waals surface area contributed by atoms with Crippen LogP contribution in [0, 0.1) is 38.5 Å². The smallest absolute Gasteiger partial charge is 0.257 e. The summed E-state index contributed by atoms with van der Waals surface area (Å²) in [6, 6.07) is 10.2. The summed E-state index contributed by atoms with van der Waals surface area (Å²) in [5, 5.41) is 6.23. The number of nitrogens with zero attached hydrogens (tertiary/aromatic N) is 5. The zero-order valence-electron chi connectivity index (χ0n) is 24.0. The number of hydrogen-bond donors (Lipinski definition) is 1. The van der Waals surface area contributed by atoms with Crippen molar-refractivity contribution in [1.82, 2.24) is 30.1 Å².